The number of carbonyl (C=O) groups excluding carboxylic acids is 1. The molecule has 0 saturated carbocycles. The number of amides is 1. The first-order chi connectivity index (χ1) is 11.6. The van der Waals surface area contributed by atoms with Crippen LogP contribution in [0.4, 0.5) is 5.69 Å². The summed E-state index contributed by atoms with van der Waals surface area (Å²) in [7, 11) is 0. The van der Waals surface area contributed by atoms with Crippen molar-refractivity contribution in [2.75, 3.05) is 5.32 Å². The first kappa shape index (κ1) is 20.3. The molecule has 0 saturated heterocycles. The zero-order chi connectivity index (χ0) is 17.6. The second-order valence-electron chi connectivity index (χ2n) is 6.54. The molecule has 0 fully saturated rings. The van der Waals surface area contributed by atoms with E-state index in [0.717, 1.165) is 12.8 Å². The van der Waals surface area contributed by atoms with Crippen LogP contribution in [0.5, 0.6) is 11.5 Å². The third kappa shape index (κ3) is 9.43. The molecule has 136 valence electrons. The molecule has 1 aromatic carbocycles. The molecule has 0 radical (unpaired) electrons. The van der Waals surface area contributed by atoms with Crippen LogP contribution in [0.1, 0.15) is 84.0 Å². The summed E-state index contributed by atoms with van der Waals surface area (Å²) in [6.45, 7) is 2.24. The van der Waals surface area contributed by atoms with Crippen LogP contribution in [-0.2, 0) is 4.79 Å². The minimum absolute atomic E-state index is 0.0454. The van der Waals surface area contributed by atoms with Crippen LogP contribution in [0, 0.1) is 0 Å². The molecule has 4 heteroatoms. The summed E-state index contributed by atoms with van der Waals surface area (Å²) in [4.78, 5) is 11.8. The lowest BCUT2D eigenvalue weighted by Gasteiger charge is -2.06. The monoisotopic (exact) mass is 335 g/mol. The van der Waals surface area contributed by atoms with Crippen molar-refractivity contribution in [3.05, 3.63) is 18.2 Å². The van der Waals surface area contributed by atoms with Crippen LogP contribution in [-0.4, -0.2) is 16.1 Å². The Morgan fingerprint density at radius 2 is 1.38 bits per heavy atom. The lowest BCUT2D eigenvalue weighted by atomic mass is 10.1. The molecule has 0 aliphatic rings. The fourth-order valence-electron chi connectivity index (χ4n) is 2.77. The van der Waals surface area contributed by atoms with Crippen LogP contribution in [0.15, 0.2) is 18.2 Å². The maximum Gasteiger partial charge on any atom is 0.224 e. The molecule has 3 N–H and O–H groups in total. The Morgan fingerprint density at radius 1 is 0.833 bits per heavy atom. The van der Waals surface area contributed by atoms with Crippen molar-refractivity contribution in [3.8, 4) is 11.5 Å². The lowest BCUT2D eigenvalue weighted by Crippen LogP contribution is -2.10. The second-order valence-corrected chi connectivity index (χ2v) is 6.54. The molecule has 0 unspecified atom stereocenters. The highest BCUT2D eigenvalue weighted by molar-refractivity contribution is 5.91. The van der Waals surface area contributed by atoms with Crippen molar-refractivity contribution >= 4 is 11.6 Å². The van der Waals surface area contributed by atoms with Gasteiger partial charge in [-0.25, -0.2) is 0 Å². The molecule has 0 spiro atoms. The van der Waals surface area contributed by atoms with Crippen molar-refractivity contribution in [1.82, 2.24) is 0 Å². The van der Waals surface area contributed by atoms with Gasteiger partial charge in [0.05, 0.1) is 0 Å². The fraction of sp³-hybridized carbons (Fsp3) is 0.650. The van der Waals surface area contributed by atoms with Crippen molar-refractivity contribution in [2.45, 2.75) is 84.0 Å². The van der Waals surface area contributed by atoms with Gasteiger partial charge in [0.15, 0.2) is 11.5 Å². The van der Waals surface area contributed by atoms with E-state index in [1.165, 1.54) is 69.9 Å². The van der Waals surface area contributed by atoms with E-state index in [-0.39, 0.29) is 17.4 Å². The zero-order valence-corrected chi connectivity index (χ0v) is 15.0. The Bertz CT molecular complexity index is 474. The molecular formula is C20H33NO3. The van der Waals surface area contributed by atoms with Gasteiger partial charge in [0.2, 0.25) is 5.91 Å². The molecular weight excluding hydrogens is 302 g/mol. The number of phenolic OH excluding ortho intramolecular Hbond substituents is 2. The molecule has 0 heterocycles. The summed E-state index contributed by atoms with van der Waals surface area (Å²) in [5.74, 6) is -0.447. The highest BCUT2D eigenvalue weighted by Gasteiger charge is 2.05. The van der Waals surface area contributed by atoms with Gasteiger partial charge in [-0.2, -0.15) is 0 Å². The maximum absolute atomic E-state index is 11.8. The minimum Gasteiger partial charge on any atom is -0.504 e. The lowest BCUT2D eigenvalue weighted by molar-refractivity contribution is -0.116. The summed E-state index contributed by atoms with van der Waals surface area (Å²) in [5.41, 5.74) is 0.512. The van der Waals surface area contributed by atoms with Gasteiger partial charge in [-0.05, 0) is 18.6 Å². The molecule has 0 bridgehead atoms. The number of benzene rings is 1. The van der Waals surface area contributed by atoms with Gasteiger partial charge in [-0.3, -0.25) is 4.79 Å². The first-order valence-electron chi connectivity index (χ1n) is 9.45. The van der Waals surface area contributed by atoms with E-state index in [1.54, 1.807) is 6.07 Å². The topological polar surface area (TPSA) is 69.6 Å². The molecule has 0 atom stereocenters. The fourth-order valence-corrected chi connectivity index (χ4v) is 2.77. The molecule has 1 amide bonds. The predicted molar refractivity (Wildman–Crippen MR) is 99.5 cm³/mol. The average Bonchev–Trinajstić information content (AvgIpc) is 2.56. The molecule has 24 heavy (non-hydrogen) atoms. The van der Waals surface area contributed by atoms with Gasteiger partial charge < -0.3 is 15.5 Å². The van der Waals surface area contributed by atoms with E-state index >= 15 is 0 Å². The van der Waals surface area contributed by atoms with E-state index < -0.39 is 0 Å². The summed E-state index contributed by atoms with van der Waals surface area (Å²) in [5, 5.41) is 21.4. The quantitative estimate of drug-likeness (QED) is 0.245. The van der Waals surface area contributed by atoms with Gasteiger partial charge in [-0.15, -0.1) is 0 Å². The number of phenols is 2. The van der Waals surface area contributed by atoms with Gasteiger partial charge in [0.1, 0.15) is 0 Å². The predicted octanol–water partition coefficient (Wildman–Crippen LogP) is 5.74. The molecule has 0 aliphatic carbocycles. The molecule has 1 aromatic rings. The van der Waals surface area contributed by atoms with Crippen molar-refractivity contribution in [3.63, 3.8) is 0 Å². The minimum atomic E-state index is -0.220. The summed E-state index contributed by atoms with van der Waals surface area (Å²) < 4.78 is 0. The Labute approximate surface area is 146 Å². The van der Waals surface area contributed by atoms with E-state index in [9.17, 15) is 15.0 Å². The van der Waals surface area contributed by atoms with Crippen LogP contribution in [0.3, 0.4) is 0 Å². The van der Waals surface area contributed by atoms with Gasteiger partial charge >= 0.3 is 0 Å². The summed E-state index contributed by atoms with van der Waals surface area (Å²) >= 11 is 0. The third-order valence-corrected chi connectivity index (χ3v) is 4.27. The van der Waals surface area contributed by atoms with Crippen molar-refractivity contribution in [2.24, 2.45) is 0 Å². The normalized spacial score (nSPS) is 10.7. The number of nitrogens with one attached hydrogen (secondary N) is 1. The molecule has 4 nitrogen and oxygen atoms in total. The van der Waals surface area contributed by atoms with E-state index in [2.05, 4.69) is 12.2 Å². The Hall–Kier alpha value is -1.71. The van der Waals surface area contributed by atoms with Crippen LogP contribution in [0.25, 0.3) is 0 Å². The third-order valence-electron chi connectivity index (χ3n) is 4.27. The number of hydrogen-bond acceptors (Lipinski definition) is 3. The number of anilines is 1. The smallest absolute Gasteiger partial charge is 0.224 e. The standard InChI is InChI=1S/C20H33NO3/c1-2-3-4-5-6-7-8-9-10-11-12-13-20(24)21-17-14-15-18(22)19(23)16-17/h14-16,22-23H,2-13H2,1H3,(H,21,24). The van der Waals surface area contributed by atoms with Crippen LogP contribution in [0.2, 0.25) is 0 Å². The summed E-state index contributed by atoms with van der Waals surface area (Å²) in [6.07, 6.45) is 14.4. The zero-order valence-electron chi connectivity index (χ0n) is 15.0. The summed E-state index contributed by atoms with van der Waals surface area (Å²) in [6, 6.07) is 4.30. The second kappa shape index (κ2) is 12.7. The van der Waals surface area contributed by atoms with Gasteiger partial charge in [0.25, 0.3) is 0 Å². The first-order valence-corrected chi connectivity index (χ1v) is 9.45. The number of unbranched alkanes of at least 4 members (excludes halogenated alkanes) is 10. The van der Waals surface area contributed by atoms with E-state index in [1.807, 2.05) is 0 Å². The highest BCUT2D eigenvalue weighted by Crippen LogP contribution is 2.27. The molecule has 0 aliphatic heterocycles. The highest BCUT2D eigenvalue weighted by atomic mass is 16.3. The number of aromatic hydroxyl groups is 2. The van der Waals surface area contributed by atoms with Crippen molar-refractivity contribution in [1.29, 1.82) is 0 Å². The SMILES string of the molecule is CCCCCCCCCCCCCC(=O)Nc1ccc(O)c(O)c1. The number of hydrogen-bond donors (Lipinski definition) is 3. The van der Waals surface area contributed by atoms with E-state index in [4.69, 9.17) is 0 Å². The van der Waals surface area contributed by atoms with Crippen molar-refractivity contribution < 1.29 is 15.0 Å². The number of carbonyl (C=O) groups is 1. The maximum atomic E-state index is 11.8. The van der Waals surface area contributed by atoms with Gasteiger partial charge in [-0.1, -0.05) is 71.1 Å². The Balaban J connectivity index is 1.97. The molecule has 0 aromatic heterocycles. The Morgan fingerprint density at radius 3 is 1.92 bits per heavy atom. The largest absolute Gasteiger partial charge is 0.504 e. The Kier molecular flexibility index (Phi) is 10.7. The van der Waals surface area contributed by atoms with Gasteiger partial charge in [0, 0.05) is 18.2 Å². The average molecular weight is 335 g/mol. The molecule has 1 rings (SSSR count). The van der Waals surface area contributed by atoms with Crippen LogP contribution < -0.4 is 5.32 Å². The number of rotatable bonds is 13. The van der Waals surface area contributed by atoms with Crippen LogP contribution >= 0.6 is 0 Å². The van der Waals surface area contributed by atoms with E-state index in [0.29, 0.717) is 12.1 Å².